The topological polar surface area (TPSA) is 105 Å². The van der Waals surface area contributed by atoms with Gasteiger partial charge in [0.15, 0.2) is 11.5 Å². The van der Waals surface area contributed by atoms with Gasteiger partial charge in [-0.2, -0.15) is 0 Å². The van der Waals surface area contributed by atoms with Crippen LogP contribution in [0.1, 0.15) is 41.9 Å². The van der Waals surface area contributed by atoms with Crippen LogP contribution < -0.4 is 15.0 Å². The molecule has 170 valence electrons. The van der Waals surface area contributed by atoms with E-state index in [0.29, 0.717) is 61.2 Å². The van der Waals surface area contributed by atoms with Crippen LogP contribution in [0.15, 0.2) is 23.0 Å². The van der Waals surface area contributed by atoms with E-state index in [1.165, 1.54) is 6.92 Å². The first-order chi connectivity index (χ1) is 15.4. The van der Waals surface area contributed by atoms with Crippen LogP contribution in [0.5, 0.6) is 11.5 Å². The van der Waals surface area contributed by atoms with Crippen LogP contribution in [0.2, 0.25) is 0 Å². The molecule has 2 aliphatic rings. The van der Waals surface area contributed by atoms with Crippen molar-refractivity contribution in [3.63, 3.8) is 0 Å². The van der Waals surface area contributed by atoms with Gasteiger partial charge in [0, 0.05) is 38.0 Å². The number of carbonyl (C=O) groups excluding carboxylic acids is 2. The summed E-state index contributed by atoms with van der Waals surface area (Å²) in [6, 6.07) is 5.46. The molecule has 3 heterocycles. The molecule has 1 saturated heterocycles. The van der Waals surface area contributed by atoms with Crippen LogP contribution in [-0.4, -0.2) is 65.4 Å². The van der Waals surface area contributed by atoms with Crippen molar-refractivity contribution in [3.05, 3.63) is 51.2 Å². The van der Waals surface area contributed by atoms with Crippen LogP contribution in [0.3, 0.4) is 0 Å². The van der Waals surface area contributed by atoms with Crippen molar-refractivity contribution in [2.45, 2.75) is 38.6 Å². The number of hydrogen-bond acceptors (Lipinski definition) is 6. The Hall–Kier alpha value is -3.36. The number of benzene rings is 1. The highest BCUT2D eigenvalue weighted by Crippen LogP contribution is 2.29. The standard InChI is InChI=1S/C23H28N4O5/c1-14(28)26-9-7-17-18(13-26)24-22(25-23(17)30)16-6-8-27(12-16)21(29)11-15-4-5-19(31-2)20(10-15)32-3/h4-5,10,16H,6-9,11-13H2,1-3H3,(H,24,25,30)/t16-/m1/s1. The van der Waals surface area contributed by atoms with E-state index in [-0.39, 0.29) is 29.7 Å². The number of nitrogens with one attached hydrogen (secondary N) is 1. The maximum atomic E-state index is 12.9. The summed E-state index contributed by atoms with van der Waals surface area (Å²) in [5.74, 6) is 1.77. The number of likely N-dealkylation sites (tertiary alicyclic amines) is 1. The largest absolute Gasteiger partial charge is 0.493 e. The number of carbonyl (C=O) groups is 2. The van der Waals surface area contributed by atoms with Crippen molar-refractivity contribution in [1.82, 2.24) is 19.8 Å². The summed E-state index contributed by atoms with van der Waals surface area (Å²) in [4.78, 5) is 48.3. The van der Waals surface area contributed by atoms with Gasteiger partial charge in [-0.25, -0.2) is 4.98 Å². The van der Waals surface area contributed by atoms with Gasteiger partial charge in [0.25, 0.3) is 5.56 Å². The number of aromatic nitrogens is 2. The van der Waals surface area contributed by atoms with Crippen molar-refractivity contribution in [2.75, 3.05) is 33.9 Å². The molecule has 9 nitrogen and oxygen atoms in total. The van der Waals surface area contributed by atoms with E-state index in [4.69, 9.17) is 14.5 Å². The van der Waals surface area contributed by atoms with Gasteiger partial charge in [-0.1, -0.05) is 6.07 Å². The molecule has 2 aliphatic heterocycles. The molecule has 4 rings (SSSR count). The predicted molar refractivity (Wildman–Crippen MR) is 117 cm³/mol. The molecule has 9 heteroatoms. The number of H-pyrrole nitrogens is 1. The van der Waals surface area contributed by atoms with Gasteiger partial charge in [0.05, 0.1) is 32.9 Å². The van der Waals surface area contributed by atoms with Gasteiger partial charge < -0.3 is 24.3 Å². The molecule has 2 amide bonds. The fourth-order valence-corrected chi connectivity index (χ4v) is 4.41. The van der Waals surface area contributed by atoms with E-state index in [9.17, 15) is 14.4 Å². The summed E-state index contributed by atoms with van der Waals surface area (Å²) >= 11 is 0. The molecule has 1 fully saturated rings. The van der Waals surface area contributed by atoms with E-state index in [2.05, 4.69) is 4.98 Å². The molecule has 32 heavy (non-hydrogen) atoms. The second-order valence-electron chi connectivity index (χ2n) is 8.26. The van der Waals surface area contributed by atoms with Crippen LogP contribution in [0, 0.1) is 0 Å². The van der Waals surface area contributed by atoms with Gasteiger partial charge in [-0.05, 0) is 30.5 Å². The van der Waals surface area contributed by atoms with E-state index in [1.807, 2.05) is 17.0 Å². The first kappa shape index (κ1) is 21.9. The quantitative estimate of drug-likeness (QED) is 0.750. The molecular formula is C23H28N4O5. The summed E-state index contributed by atoms with van der Waals surface area (Å²) in [6.45, 7) is 3.53. The molecule has 0 unspecified atom stereocenters. The van der Waals surface area contributed by atoms with Gasteiger partial charge in [0.1, 0.15) is 5.82 Å². The lowest BCUT2D eigenvalue weighted by Gasteiger charge is -2.27. The lowest BCUT2D eigenvalue weighted by Crippen LogP contribution is -2.38. The van der Waals surface area contributed by atoms with Gasteiger partial charge >= 0.3 is 0 Å². The zero-order valence-electron chi connectivity index (χ0n) is 18.6. The molecule has 1 aromatic heterocycles. The Morgan fingerprint density at radius 1 is 1.16 bits per heavy atom. The Bertz CT molecular complexity index is 1100. The summed E-state index contributed by atoms with van der Waals surface area (Å²) in [5.41, 5.74) is 2.04. The van der Waals surface area contributed by atoms with Gasteiger partial charge in [-0.3, -0.25) is 14.4 Å². The third-order valence-corrected chi connectivity index (χ3v) is 6.27. The Morgan fingerprint density at radius 2 is 1.94 bits per heavy atom. The number of ether oxygens (including phenoxy) is 2. The Morgan fingerprint density at radius 3 is 2.66 bits per heavy atom. The second-order valence-corrected chi connectivity index (χ2v) is 8.26. The predicted octanol–water partition coefficient (Wildman–Crippen LogP) is 1.25. The smallest absolute Gasteiger partial charge is 0.254 e. The molecule has 0 saturated carbocycles. The maximum absolute atomic E-state index is 12.9. The zero-order chi connectivity index (χ0) is 22.8. The minimum absolute atomic E-state index is 0.0165. The number of aromatic amines is 1. The van der Waals surface area contributed by atoms with Crippen LogP contribution >= 0.6 is 0 Å². The molecule has 1 N–H and O–H groups in total. The van der Waals surface area contributed by atoms with E-state index >= 15 is 0 Å². The van der Waals surface area contributed by atoms with Crippen molar-refractivity contribution >= 4 is 11.8 Å². The van der Waals surface area contributed by atoms with E-state index in [1.54, 1.807) is 25.2 Å². The molecule has 0 bridgehead atoms. The van der Waals surface area contributed by atoms with Crippen molar-refractivity contribution in [1.29, 1.82) is 0 Å². The molecule has 1 aromatic carbocycles. The second kappa shape index (κ2) is 9.02. The summed E-state index contributed by atoms with van der Waals surface area (Å²) < 4.78 is 10.6. The minimum Gasteiger partial charge on any atom is -0.493 e. The molecule has 2 aromatic rings. The van der Waals surface area contributed by atoms with Gasteiger partial charge in [-0.15, -0.1) is 0 Å². The normalized spacial score (nSPS) is 17.8. The molecule has 0 spiro atoms. The fourth-order valence-electron chi connectivity index (χ4n) is 4.41. The Balaban J connectivity index is 1.45. The summed E-state index contributed by atoms with van der Waals surface area (Å²) in [6.07, 6.45) is 1.50. The highest BCUT2D eigenvalue weighted by Gasteiger charge is 2.31. The zero-order valence-corrected chi connectivity index (χ0v) is 18.6. The summed E-state index contributed by atoms with van der Waals surface area (Å²) in [5, 5.41) is 0. The first-order valence-electron chi connectivity index (χ1n) is 10.8. The van der Waals surface area contributed by atoms with Crippen molar-refractivity contribution in [3.8, 4) is 11.5 Å². The minimum atomic E-state index is -0.136. The number of fused-ring (bicyclic) bond motifs is 1. The first-order valence-corrected chi connectivity index (χ1v) is 10.8. The number of amides is 2. The molecule has 0 aliphatic carbocycles. The number of rotatable bonds is 5. The number of methoxy groups -OCH3 is 2. The van der Waals surface area contributed by atoms with E-state index < -0.39 is 0 Å². The maximum Gasteiger partial charge on any atom is 0.254 e. The highest BCUT2D eigenvalue weighted by molar-refractivity contribution is 5.79. The molecule has 0 radical (unpaired) electrons. The monoisotopic (exact) mass is 440 g/mol. The van der Waals surface area contributed by atoms with E-state index in [0.717, 1.165) is 12.0 Å². The Labute approximate surface area is 186 Å². The molecule has 1 atom stereocenters. The third kappa shape index (κ3) is 4.32. The number of nitrogens with zero attached hydrogens (tertiary/aromatic N) is 3. The Kier molecular flexibility index (Phi) is 6.16. The highest BCUT2D eigenvalue weighted by atomic mass is 16.5. The SMILES string of the molecule is COc1ccc(CC(=O)N2CC[C@@H](c3nc4c(c(=O)[nH]3)CCN(C(C)=O)C4)C2)cc1OC. The van der Waals surface area contributed by atoms with Crippen LogP contribution in [0.4, 0.5) is 0 Å². The van der Waals surface area contributed by atoms with Crippen molar-refractivity contribution in [2.24, 2.45) is 0 Å². The number of hydrogen-bond donors (Lipinski definition) is 1. The average Bonchev–Trinajstić information content (AvgIpc) is 3.29. The fraction of sp³-hybridized carbons (Fsp3) is 0.478. The summed E-state index contributed by atoms with van der Waals surface area (Å²) in [7, 11) is 3.14. The van der Waals surface area contributed by atoms with Crippen LogP contribution in [-0.2, 0) is 29.0 Å². The molecular weight excluding hydrogens is 412 g/mol. The van der Waals surface area contributed by atoms with Crippen LogP contribution in [0.25, 0.3) is 0 Å². The average molecular weight is 441 g/mol. The third-order valence-electron chi connectivity index (χ3n) is 6.27. The lowest BCUT2D eigenvalue weighted by molar-refractivity contribution is -0.130. The van der Waals surface area contributed by atoms with Gasteiger partial charge in [0.2, 0.25) is 11.8 Å². The lowest BCUT2D eigenvalue weighted by atomic mass is 10.0. The van der Waals surface area contributed by atoms with Crippen molar-refractivity contribution < 1.29 is 19.1 Å².